The highest BCUT2D eigenvalue weighted by molar-refractivity contribution is 8.12. The molecule has 5 aromatic rings. The number of para-hydroxylation sites is 1. The molecule has 0 fully saturated rings. The van der Waals surface area contributed by atoms with Gasteiger partial charge in [-0.05, 0) is 104 Å². The van der Waals surface area contributed by atoms with E-state index in [2.05, 4.69) is 24.1 Å². The first-order valence-corrected chi connectivity index (χ1v) is 21.0. The Morgan fingerprint density at radius 2 is 1.40 bits per heavy atom. The van der Waals surface area contributed by atoms with Crippen molar-refractivity contribution in [3.63, 3.8) is 0 Å². The molecule has 0 aliphatic carbocycles. The van der Waals surface area contributed by atoms with E-state index < -0.39 is 20.0 Å². The van der Waals surface area contributed by atoms with E-state index >= 15 is 0 Å². The van der Waals surface area contributed by atoms with Crippen molar-refractivity contribution in [2.45, 2.75) is 55.1 Å². The number of halogens is 2. The van der Waals surface area contributed by atoms with Gasteiger partial charge < -0.3 is 15.0 Å². The molecule has 0 radical (unpaired) electrons. The number of hydrogen-bond acceptors (Lipinski definition) is 9. The van der Waals surface area contributed by atoms with Gasteiger partial charge in [0, 0.05) is 45.1 Å². The zero-order valence-corrected chi connectivity index (χ0v) is 32.0. The Labute approximate surface area is 300 Å². The monoisotopic (exact) mass is 765 g/mol. The minimum Gasteiger partial charge on any atom is -0.382 e. The predicted molar refractivity (Wildman–Crippen MR) is 201 cm³/mol. The quantitative estimate of drug-likeness (QED) is 0.136. The molecule has 0 amide bonds. The Kier molecular flexibility index (Phi) is 10.1. The summed E-state index contributed by atoms with van der Waals surface area (Å²) in [7, 11) is -9.40. The van der Waals surface area contributed by atoms with Gasteiger partial charge in [0.2, 0.25) is 0 Å². The number of benzene rings is 3. The second-order valence-corrected chi connectivity index (χ2v) is 18.9. The Hall–Kier alpha value is -2.42. The van der Waals surface area contributed by atoms with Crippen molar-refractivity contribution < 1.29 is 21.6 Å². The lowest BCUT2D eigenvalue weighted by Crippen LogP contribution is -2.38. The Balaban J connectivity index is 1.58. The van der Waals surface area contributed by atoms with Crippen LogP contribution in [0.2, 0.25) is 10.0 Å². The van der Waals surface area contributed by atoms with Gasteiger partial charge in [0.05, 0.1) is 17.5 Å². The lowest BCUT2D eigenvalue weighted by Gasteiger charge is -2.29. The summed E-state index contributed by atoms with van der Waals surface area (Å²) in [6.07, 6.45) is -0.190. The van der Waals surface area contributed by atoms with E-state index in [0.717, 1.165) is 41.3 Å². The molecule has 0 spiro atoms. The number of hydrogen-bond donors (Lipinski definition) is 1. The molecule has 14 heteroatoms. The molecule has 0 saturated heterocycles. The summed E-state index contributed by atoms with van der Waals surface area (Å²) in [4.78, 5) is 2.29. The van der Waals surface area contributed by atoms with E-state index in [-0.39, 0.29) is 26.1 Å². The summed E-state index contributed by atoms with van der Waals surface area (Å²) in [6, 6.07) is 15.5. The molecule has 2 atom stereocenters. The normalized spacial score (nSPS) is 15.7. The Morgan fingerprint density at radius 1 is 0.854 bits per heavy atom. The van der Waals surface area contributed by atoms with E-state index in [1.54, 1.807) is 62.4 Å². The van der Waals surface area contributed by atoms with Gasteiger partial charge in [-0.2, -0.15) is 20.5 Å². The third kappa shape index (κ3) is 6.12. The van der Waals surface area contributed by atoms with Crippen molar-refractivity contribution in [3.8, 4) is 0 Å². The van der Waals surface area contributed by atoms with Crippen molar-refractivity contribution in [3.05, 3.63) is 81.3 Å². The molecule has 1 aliphatic heterocycles. The molecule has 3 aromatic carbocycles. The maximum Gasteiger partial charge on any atom is 0.287 e. The van der Waals surface area contributed by atoms with E-state index in [9.17, 15) is 16.8 Å². The number of nitrogens with one attached hydrogen (secondary N) is 1. The molecule has 1 N–H and O–H groups in total. The number of fused-ring (bicyclic) bond motifs is 3. The minimum absolute atomic E-state index is 0.0397. The largest absolute Gasteiger partial charge is 0.382 e. The van der Waals surface area contributed by atoms with Crippen LogP contribution in [0.4, 0.5) is 11.4 Å². The molecular weight excluding hydrogens is 730 g/mol. The van der Waals surface area contributed by atoms with Gasteiger partial charge in [-0.25, -0.2) is 0 Å². The molecule has 0 saturated carbocycles. The molecule has 3 heterocycles. The fourth-order valence-corrected chi connectivity index (χ4v) is 14.4. The van der Waals surface area contributed by atoms with Gasteiger partial charge in [0.25, 0.3) is 20.0 Å². The van der Waals surface area contributed by atoms with Crippen LogP contribution in [0.25, 0.3) is 20.2 Å². The maximum atomic E-state index is 15.0. The van der Waals surface area contributed by atoms with Gasteiger partial charge in [-0.15, -0.1) is 22.7 Å². The fourth-order valence-electron chi connectivity index (χ4n) is 6.48. The summed E-state index contributed by atoms with van der Waals surface area (Å²) in [6.45, 7) is 12.9. The summed E-state index contributed by atoms with van der Waals surface area (Å²) < 4.78 is 68.1. The average molecular weight is 767 g/mol. The van der Waals surface area contributed by atoms with Crippen LogP contribution in [0.5, 0.6) is 0 Å². The molecule has 2 aromatic heterocycles. The first kappa shape index (κ1) is 35.4. The van der Waals surface area contributed by atoms with Crippen LogP contribution in [0.15, 0.2) is 63.0 Å². The number of aryl methyl sites for hydroxylation is 2. The number of rotatable bonds is 12. The number of anilines is 2. The van der Waals surface area contributed by atoms with E-state index in [1.807, 2.05) is 13.0 Å². The highest BCUT2D eigenvalue weighted by Gasteiger charge is 2.44. The minimum atomic E-state index is -4.70. The smallest absolute Gasteiger partial charge is 0.287 e. The van der Waals surface area contributed by atoms with Crippen molar-refractivity contribution in [1.82, 2.24) is 4.90 Å². The van der Waals surface area contributed by atoms with Gasteiger partial charge in [0.1, 0.15) is 8.42 Å². The van der Waals surface area contributed by atoms with Crippen LogP contribution in [-0.4, -0.2) is 60.6 Å². The zero-order valence-electron chi connectivity index (χ0n) is 27.2. The standard InChI is InChI=1S/C34H37Cl2N3O5S4/c1-6-38(7-2)19-29(44-8-3)27-18-37-32-24(27)10-9-11-28(32)39(47(40,41)33-20(4)25-16-22(35)12-14-30(25)45-33)48(42,43)34-21(5)26-17-23(36)13-15-31(26)46-34/h9-17,27,29,37H,6-8,18-19H2,1-5H3. The van der Waals surface area contributed by atoms with Gasteiger partial charge in [0.15, 0.2) is 0 Å². The van der Waals surface area contributed by atoms with Crippen molar-refractivity contribution >= 4 is 97.5 Å². The molecule has 2 unspecified atom stereocenters. The SMILES string of the molecule is CCOC(CN(CC)CC)C1CNc2c1cccc2N(S(=O)(=O)c1sc2ccc(Cl)cc2c1C)S(=O)(=O)c1sc2ccc(Cl)cc2c1C. The lowest BCUT2D eigenvalue weighted by molar-refractivity contribution is 0.0215. The molecule has 6 rings (SSSR count). The van der Waals surface area contributed by atoms with Crippen LogP contribution in [0.3, 0.4) is 0 Å². The van der Waals surface area contributed by atoms with E-state index in [0.29, 0.717) is 70.4 Å². The molecule has 48 heavy (non-hydrogen) atoms. The van der Waals surface area contributed by atoms with Crippen LogP contribution in [0, 0.1) is 13.8 Å². The Morgan fingerprint density at radius 3 is 1.90 bits per heavy atom. The second-order valence-electron chi connectivity index (χ2n) is 11.7. The molecule has 0 bridgehead atoms. The highest BCUT2D eigenvalue weighted by atomic mass is 35.5. The topological polar surface area (TPSA) is 96.0 Å². The molecular formula is C34H37Cl2N3O5S4. The fraction of sp³-hybridized carbons (Fsp3) is 0.353. The number of thiophene rings is 2. The van der Waals surface area contributed by atoms with Gasteiger partial charge >= 0.3 is 0 Å². The van der Waals surface area contributed by atoms with Crippen LogP contribution in [0.1, 0.15) is 43.4 Å². The molecule has 256 valence electrons. The van der Waals surface area contributed by atoms with Crippen LogP contribution < -0.4 is 9.03 Å². The predicted octanol–water partition coefficient (Wildman–Crippen LogP) is 8.88. The first-order chi connectivity index (χ1) is 22.8. The summed E-state index contributed by atoms with van der Waals surface area (Å²) in [5.74, 6) is -0.130. The number of sulfonamides is 2. The second kappa shape index (κ2) is 13.7. The van der Waals surface area contributed by atoms with Crippen molar-refractivity contribution in [2.75, 3.05) is 41.8 Å². The number of likely N-dealkylation sites (N-methyl/N-ethyl adjacent to an activating group) is 1. The third-order valence-electron chi connectivity index (χ3n) is 8.95. The summed E-state index contributed by atoms with van der Waals surface area (Å²) >= 11 is 14.6. The van der Waals surface area contributed by atoms with Crippen molar-refractivity contribution in [1.29, 1.82) is 0 Å². The average Bonchev–Trinajstić information content (AvgIpc) is 3.73. The van der Waals surface area contributed by atoms with E-state index in [1.165, 1.54) is 0 Å². The highest BCUT2D eigenvalue weighted by Crippen LogP contribution is 2.48. The zero-order chi connectivity index (χ0) is 34.5. The van der Waals surface area contributed by atoms with Crippen molar-refractivity contribution in [2.24, 2.45) is 0 Å². The maximum absolute atomic E-state index is 15.0. The summed E-state index contributed by atoms with van der Waals surface area (Å²) in [5.41, 5.74) is 2.19. The number of ether oxygens (including phenoxy) is 1. The van der Waals surface area contributed by atoms with Gasteiger partial charge in [-0.1, -0.05) is 49.2 Å². The Bertz CT molecular complexity index is 2110. The van der Waals surface area contributed by atoms with Crippen LogP contribution >= 0.6 is 45.9 Å². The lowest BCUT2D eigenvalue weighted by atomic mass is 9.94. The first-order valence-electron chi connectivity index (χ1n) is 15.7. The third-order valence-corrected chi connectivity index (χ3v) is 17.3. The number of nitrogens with zero attached hydrogens (tertiary/aromatic N) is 2. The molecule has 1 aliphatic rings. The van der Waals surface area contributed by atoms with Gasteiger partial charge in [-0.3, -0.25) is 0 Å². The molecule has 8 nitrogen and oxygen atoms in total. The van der Waals surface area contributed by atoms with E-state index in [4.69, 9.17) is 27.9 Å². The summed E-state index contributed by atoms with van der Waals surface area (Å²) in [5, 5.41) is 5.63. The van der Waals surface area contributed by atoms with Crippen LogP contribution in [-0.2, 0) is 24.8 Å².